The fourth-order valence-corrected chi connectivity index (χ4v) is 2.16. The van der Waals surface area contributed by atoms with E-state index in [1.54, 1.807) is 0 Å². The molecule has 74 valence electrons. The van der Waals surface area contributed by atoms with Crippen molar-refractivity contribution in [2.45, 2.75) is 45.4 Å². The molecule has 13 heavy (non-hydrogen) atoms. The fourth-order valence-electron chi connectivity index (χ4n) is 1.77. The number of carbonyl (C=O) groups excluding carboxylic acids is 1. The highest BCUT2D eigenvalue weighted by Gasteiger charge is 2.18. The molecule has 0 atom stereocenters. The lowest BCUT2D eigenvalue weighted by atomic mass is 10.0. The van der Waals surface area contributed by atoms with Crippen LogP contribution >= 0.6 is 15.9 Å². The number of Topliss-reactive ketones (excluding diaryl/α,β-unsaturated/α-hetero) is 1. The molecule has 0 aromatic carbocycles. The van der Waals surface area contributed by atoms with Gasteiger partial charge in [0, 0.05) is 11.8 Å². The zero-order valence-electron chi connectivity index (χ0n) is 8.24. The third-order valence-corrected chi connectivity index (χ3v) is 3.20. The minimum absolute atomic E-state index is 0.399. The monoisotopic (exact) mass is 244 g/mol. The van der Waals surface area contributed by atoms with Gasteiger partial charge < -0.3 is 0 Å². The first-order valence-corrected chi connectivity index (χ1v) is 6.15. The third-order valence-electron chi connectivity index (χ3n) is 2.64. The van der Waals surface area contributed by atoms with Crippen LogP contribution in [0.25, 0.3) is 0 Å². The summed E-state index contributed by atoms with van der Waals surface area (Å²) in [5.74, 6) is 0.399. The van der Waals surface area contributed by atoms with Crippen molar-refractivity contribution < 1.29 is 4.79 Å². The predicted molar refractivity (Wildman–Crippen MR) is 59.2 cm³/mol. The molecule has 0 amide bonds. The van der Waals surface area contributed by atoms with Gasteiger partial charge in [-0.3, -0.25) is 4.79 Å². The molecule has 2 heteroatoms. The van der Waals surface area contributed by atoms with Crippen LogP contribution in [-0.2, 0) is 4.79 Å². The van der Waals surface area contributed by atoms with Crippen LogP contribution in [0.1, 0.15) is 45.4 Å². The van der Waals surface area contributed by atoms with Gasteiger partial charge in [-0.05, 0) is 38.2 Å². The van der Waals surface area contributed by atoms with Gasteiger partial charge in [-0.25, -0.2) is 0 Å². The largest absolute Gasteiger partial charge is 0.295 e. The summed E-state index contributed by atoms with van der Waals surface area (Å²) in [4.78, 5) is 11.4. The minimum atomic E-state index is 0.399. The van der Waals surface area contributed by atoms with Gasteiger partial charge in [-0.2, -0.15) is 0 Å². The van der Waals surface area contributed by atoms with Crippen molar-refractivity contribution in [1.29, 1.82) is 0 Å². The molecule has 0 saturated carbocycles. The zero-order chi connectivity index (χ0) is 9.68. The second kappa shape index (κ2) is 5.58. The Bertz CT molecular complexity index is 218. The van der Waals surface area contributed by atoms with Crippen LogP contribution in [0.3, 0.4) is 0 Å². The molecule has 0 aromatic rings. The quantitative estimate of drug-likeness (QED) is 0.534. The standard InChI is InChI=1S/C11H17BrO/c1-9-6-7-11(13)10(9)5-3-2-4-8-12/h2-8H2,1H3. The molecule has 0 aliphatic heterocycles. The van der Waals surface area contributed by atoms with E-state index >= 15 is 0 Å². The Morgan fingerprint density at radius 3 is 2.54 bits per heavy atom. The van der Waals surface area contributed by atoms with E-state index in [9.17, 15) is 4.79 Å². The van der Waals surface area contributed by atoms with E-state index in [2.05, 4.69) is 22.9 Å². The molecular formula is C11H17BrO. The Kier molecular flexibility index (Phi) is 4.71. The minimum Gasteiger partial charge on any atom is -0.295 e. The topological polar surface area (TPSA) is 17.1 Å². The number of allylic oxidation sites excluding steroid dienone is 2. The van der Waals surface area contributed by atoms with Crippen LogP contribution in [0.15, 0.2) is 11.1 Å². The van der Waals surface area contributed by atoms with Crippen molar-refractivity contribution in [2.75, 3.05) is 5.33 Å². The first-order chi connectivity index (χ1) is 6.25. The van der Waals surface area contributed by atoms with E-state index in [1.165, 1.54) is 24.8 Å². The lowest BCUT2D eigenvalue weighted by Gasteiger charge is -2.01. The average Bonchev–Trinajstić information content (AvgIpc) is 2.42. The normalized spacial score (nSPS) is 17.2. The smallest absolute Gasteiger partial charge is 0.159 e. The first kappa shape index (κ1) is 11.0. The molecule has 0 unspecified atom stereocenters. The third kappa shape index (κ3) is 3.26. The van der Waals surface area contributed by atoms with Crippen molar-refractivity contribution in [3.05, 3.63) is 11.1 Å². The van der Waals surface area contributed by atoms with Gasteiger partial charge in [0.05, 0.1) is 0 Å². The molecular weight excluding hydrogens is 228 g/mol. The molecule has 0 spiro atoms. The molecule has 1 aliphatic rings. The summed E-state index contributed by atoms with van der Waals surface area (Å²) in [5.41, 5.74) is 2.47. The SMILES string of the molecule is CC1=C(CCCCCBr)C(=O)CC1. The maximum atomic E-state index is 11.4. The van der Waals surface area contributed by atoms with E-state index in [1.807, 2.05) is 0 Å². The van der Waals surface area contributed by atoms with Crippen LogP contribution in [0, 0.1) is 0 Å². The lowest BCUT2D eigenvalue weighted by Crippen LogP contribution is -1.96. The number of halogens is 1. The van der Waals surface area contributed by atoms with Crippen LogP contribution < -0.4 is 0 Å². The van der Waals surface area contributed by atoms with Gasteiger partial charge in [0.25, 0.3) is 0 Å². The number of unbranched alkanes of at least 4 members (excludes halogenated alkanes) is 2. The first-order valence-electron chi connectivity index (χ1n) is 5.03. The van der Waals surface area contributed by atoms with Gasteiger partial charge in [0.15, 0.2) is 5.78 Å². The summed E-state index contributed by atoms with van der Waals surface area (Å²) in [7, 11) is 0. The van der Waals surface area contributed by atoms with Crippen molar-refractivity contribution >= 4 is 21.7 Å². The van der Waals surface area contributed by atoms with Crippen LogP contribution in [-0.4, -0.2) is 11.1 Å². The predicted octanol–water partition coefficient (Wildman–Crippen LogP) is 3.62. The van der Waals surface area contributed by atoms with Crippen molar-refractivity contribution in [3.63, 3.8) is 0 Å². The Hall–Kier alpha value is -0.110. The molecule has 0 aromatic heterocycles. The number of alkyl halides is 1. The lowest BCUT2D eigenvalue weighted by molar-refractivity contribution is -0.115. The Morgan fingerprint density at radius 1 is 1.23 bits per heavy atom. The van der Waals surface area contributed by atoms with E-state index in [0.29, 0.717) is 5.78 Å². The van der Waals surface area contributed by atoms with E-state index in [4.69, 9.17) is 0 Å². The van der Waals surface area contributed by atoms with Gasteiger partial charge >= 0.3 is 0 Å². The second-order valence-corrected chi connectivity index (χ2v) is 4.47. The molecule has 1 aliphatic carbocycles. The highest BCUT2D eigenvalue weighted by Crippen LogP contribution is 2.26. The number of hydrogen-bond donors (Lipinski definition) is 0. The van der Waals surface area contributed by atoms with Gasteiger partial charge in [-0.15, -0.1) is 0 Å². The second-order valence-electron chi connectivity index (χ2n) is 3.68. The number of rotatable bonds is 5. The van der Waals surface area contributed by atoms with Gasteiger partial charge in [0.2, 0.25) is 0 Å². The van der Waals surface area contributed by atoms with Crippen molar-refractivity contribution in [2.24, 2.45) is 0 Å². The van der Waals surface area contributed by atoms with Crippen LogP contribution in [0.5, 0.6) is 0 Å². The van der Waals surface area contributed by atoms with Crippen molar-refractivity contribution in [1.82, 2.24) is 0 Å². The summed E-state index contributed by atoms with van der Waals surface area (Å²) >= 11 is 3.41. The number of carbonyl (C=O) groups is 1. The molecule has 0 radical (unpaired) electrons. The summed E-state index contributed by atoms with van der Waals surface area (Å²) in [5, 5.41) is 1.08. The molecule has 1 nitrogen and oxygen atoms in total. The Morgan fingerprint density at radius 2 is 2.00 bits per heavy atom. The van der Waals surface area contributed by atoms with E-state index < -0.39 is 0 Å². The molecule has 0 saturated heterocycles. The van der Waals surface area contributed by atoms with Gasteiger partial charge in [-0.1, -0.05) is 27.9 Å². The maximum Gasteiger partial charge on any atom is 0.159 e. The number of ketones is 1. The van der Waals surface area contributed by atoms with Gasteiger partial charge in [0.1, 0.15) is 0 Å². The average molecular weight is 245 g/mol. The fraction of sp³-hybridized carbons (Fsp3) is 0.727. The summed E-state index contributed by atoms with van der Waals surface area (Å²) < 4.78 is 0. The summed E-state index contributed by atoms with van der Waals surface area (Å²) in [6.45, 7) is 2.10. The Balaban J connectivity index is 2.27. The van der Waals surface area contributed by atoms with E-state index in [-0.39, 0.29) is 0 Å². The van der Waals surface area contributed by atoms with E-state index in [0.717, 1.165) is 30.2 Å². The molecule has 0 N–H and O–H groups in total. The highest BCUT2D eigenvalue weighted by molar-refractivity contribution is 9.09. The molecule has 0 fully saturated rings. The number of hydrogen-bond acceptors (Lipinski definition) is 1. The summed E-state index contributed by atoms with van der Waals surface area (Å²) in [6.07, 6.45) is 6.41. The highest BCUT2D eigenvalue weighted by atomic mass is 79.9. The van der Waals surface area contributed by atoms with Crippen molar-refractivity contribution in [3.8, 4) is 0 Å². The summed E-state index contributed by atoms with van der Waals surface area (Å²) in [6, 6.07) is 0. The molecule has 1 rings (SSSR count). The van der Waals surface area contributed by atoms with Crippen LogP contribution in [0.2, 0.25) is 0 Å². The Labute approximate surface area is 88.7 Å². The zero-order valence-corrected chi connectivity index (χ0v) is 9.82. The van der Waals surface area contributed by atoms with Crippen LogP contribution in [0.4, 0.5) is 0 Å². The maximum absolute atomic E-state index is 11.4. The molecule has 0 heterocycles. The molecule has 0 bridgehead atoms.